The Bertz CT molecular complexity index is 426. The molecule has 1 aromatic rings. The molecule has 0 spiro atoms. The van der Waals surface area contributed by atoms with Crippen LogP contribution in [0.5, 0.6) is 5.75 Å². The van der Waals surface area contributed by atoms with E-state index in [1.807, 2.05) is 0 Å². The molecule has 86 valence electrons. The molecule has 1 unspecified atom stereocenters. The zero-order chi connectivity index (χ0) is 12.3. The fourth-order valence-corrected chi connectivity index (χ4v) is 1.60. The molecule has 0 aliphatic rings. The van der Waals surface area contributed by atoms with Crippen LogP contribution in [0.2, 0.25) is 0 Å². The number of carboxylic acids is 1. The molecule has 0 amide bonds. The Balaban J connectivity index is 3.22. The van der Waals surface area contributed by atoms with Crippen LogP contribution in [0.15, 0.2) is 18.2 Å². The van der Waals surface area contributed by atoms with Crippen molar-refractivity contribution < 1.29 is 19.8 Å². The second-order valence-corrected chi connectivity index (χ2v) is 4.73. The Morgan fingerprint density at radius 3 is 2.56 bits per heavy atom. The molecule has 5 heteroatoms. The largest absolute Gasteiger partial charge is 0.508 e. The number of benzene rings is 1. The van der Waals surface area contributed by atoms with E-state index in [4.69, 9.17) is 5.11 Å². The highest BCUT2D eigenvalue weighted by atomic mass is 79.9. The summed E-state index contributed by atoms with van der Waals surface area (Å²) >= 11 is 3.12. The van der Waals surface area contributed by atoms with E-state index < -0.39 is 10.8 Å². The van der Waals surface area contributed by atoms with Crippen molar-refractivity contribution in [3.63, 3.8) is 0 Å². The molecule has 0 saturated heterocycles. The third kappa shape index (κ3) is 2.82. The molecule has 16 heavy (non-hydrogen) atoms. The van der Waals surface area contributed by atoms with E-state index >= 15 is 0 Å². The first-order chi connectivity index (χ1) is 7.43. The number of halogens is 1. The first kappa shape index (κ1) is 12.7. The Labute approximate surface area is 101 Å². The minimum Gasteiger partial charge on any atom is -0.508 e. The van der Waals surface area contributed by atoms with Gasteiger partial charge < -0.3 is 10.2 Å². The van der Waals surface area contributed by atoms with Gasteiger partial charge in [0.15, 0.2) is 5.78 Å². The summed E-state index contributed by atoms with van der Waals surface area (Å²) in [6.07, 6.45) is -0.368. The van der Waals surface area contributed by atoms with E-state index in [2.05, 4.69) is 15.9 Å². The van der Waals surface area contributed by atoms with Crippen LogP contribution in [-0.2, 0) is 11.2 Å². The first-order valence-corrected chi connectivity index (χ1v) is 5.56. The van der Waals surface area contributed by atoms with Crippen LogP contribution in [0.3, 0.4) is 0 Å². The summed E-state index contributed by atoms with van der Waals surface area (Å²) in [6.45, 7) is 1.65. The van der Waals surface area contributed by atoms with Gasteiger partial charge in [-0.25, -0.2) is 0 Å². The Kier molecular flexibility index (Phi) is 4.06. The Hall–Kier alpha value is -1.36. The predicted octanol–water partition coefficient (Wildman–Crippen LogP) is 1.99. The van der Waals surface area contributed by atoms with Crippen molar-refractivity contribution in [1.29, 1.82) is 0 Å². The number of hydrogen-bond donors (Lipinski definition) is 2. The average molecular weight is 287 g/mol. The lowest BCUT2D eigenvalue weighted by molar-refractivity contribution is -0.136. The number of phenols is 1. The number of rotatable bonds is 4. The molecule has 0 saturated carbocycles. The summed E-state index contributed by atoms with van der Waals surface area (Å²) in [5, 5.41) is 18.2. The molecule has 0 aromatic heterocycles. The van der Waals surface area contributed by atoms with Crippen LogP contribution in [0.25, 0.3) is 0 Å². The topological polar surface area (TPSA) is 74.6 Å². The third-order valence-corrected chi connectivity index (χ3v) is 2.52. The lowest BCUT2D eigenvalue weighted by atomic mass is 9.99. The maximum Gasteiger partial charge on any atom is 0.307 e. The lowest BCUT2D eigenvalue weighted by Gasteiger charge is -2.09. The van der Waals surface area contributed by atoms with Crippen LogP contribution in [0.4, 0.5) is 0 Å². The van der Waals surface area contributed by atoms with Gasteiger partial charge >= 0.3 is 5.97 Å². The first-order valence-electron chi connectivity index (χ1n) is 4.64. The van der Waals surface area contributed by atoms with E-state index in [1.165, 1.54) is 18.2 Å². The second kappa shape index (κ2) is 5.12. The quantitative estimate of drug-likeness (QED) is 0.656. The van der Waals surface area contributed by atoms with Gasteiger partial charge in [-0.3, -0.25) is 9.59 Å². The highest BCUT2D eigenvalue weighted by Crippen LogP contribution is 2.24. The number of Topliss-reactive ketones (excluding diaryl/α,β-unsaturated/α-hetero) is 1. The smallest absolute Gasteiger partial charge is 0.307 e. The number of carbonyl (C=O) groups is 2. The molecule has 0 aliphatic carbocycles. The van der Waals surface area contributed by atoms with Crippen molar-refractivity contribution in [2.24, 2.45) is 0 Å². The van der Waals surface area contributed by atoms with Gasteiger partial charge in [0.25, 0.3) is 0 Å². The van der Waals surface area contributed by atoms with Gasteiger partial charge in [-0.15, -0.1) is 0 Å². The van der Waals surface area contributed by atoms with Crippen molar-refractivity contribution in [2.75, 3.05) is 0 Å². The van der Waals surface area contributed by atoms with Crippen molar-refractivity contribution in [1.82, 2.24) is 0 Å². The number of phenolic OH excluding ortho intramolecular Hbond substituents is 1. The molecule has 0 aliphatic heterocycles. The molecule has 1 aromatic carbocycles. The standard InChI is InChI=1S/C11H11BrO4/c1-6(12)11(16)7-3-2-4-9(13)8(7)5-10(14)15/h2-4,6,13H,5H2,1H3,(H,14,15). The monoisotopic (exact) mass is 286 g/mol. The van der Waals surface area contributed by atoms with Gasteiger partial charge in [-0.2, -0.15) is 0 Å². The molecule has 2 N–H and O–H groups in total. The van der Waals surface area contributed by atoms with Gasteiger partial charge in [0.1, 0.15) is 5.75 Å². The number of alkyl halides is 1. The van der Waals surface area contributed by atoms with Crippen LogP contribution in [0, 0.1) is 0 Å². The SMILES string of the molecule is CC(Br)C(=O)c1cccc(O)c1CC(=O)O. The number of carbonyl (C=O) groups excluding carboxylic acids is 1. The van der Waals surface area contributed by atoms with Crippen LogP contribution in [-0.4, -0.2) is 26.8 Å². The Morgan fingerprint density at radius 1 is 1.44 bits per heavy atom. The van der Waals surface area contributed by atoms with Gasteiger partial charge in [-0.05, 0) is 13.0 Å². The highest BCUT2D eigenvalue weighted by Gasteiger charge is 2.19. The minimum absolute atomic E-state index is 0.159. The Morgan fingerprint density at radius 2 is 2.06 bits per heavy atom. The van der Waals surface area contributed by atoms with Gasteiger partial charge in [0.05, 0.1) is 11.2 Å². The average Bonchev–Trinajstić information content (AvgIpc) is 2.19. The molecular formula is C11H11BrO4. The molecule has 0 fully saturated rings. The minimum atomic E-state index is -1.09. The summed E-state index contributed by atoms with van der Waals surface area (Å²) in [5.41, 5.74) is 0.401. The molecule has 0 bridgehead atoms. The summed E-state index contributed by atoms with van der Waals surface area (Å²) < 4.78 is 0. The van der Waals surface area contributed by atoms with E-state index in [0.29, 0.717) is 0 Å². The molecule has 4 nitrogen and oxygen atoms in total. The van der Waals surface area contributed by atoms with E-state index in [0.717, 1.165) is 0 Å². The van der Waals surface area contributed by atoms with Crippen molar-refractivity contribution in [3.05, 3.63) is 29.3 Å². The molecule has 1 rings (SSSR count). The predicted molar refractivity (Wildman–Crippen MR) is 62.2 cm³/mol. The third-order valence-electron chi connectivity index (χ3n) is 2.11. The summed E-state index contributed by atoms with van der Waals surface area (Å²) in [7, 11) is 0. The zero-order valence-electron chi connectivity index (χ0n) is 8.61. The maximum atomic E-state index is 11.7. The van der Waals surface area contributed by atoms with Crippen LogP contribution in [0.1, 0.15) is 22.8 Å². The van der Waals surface area contributed by atoms with Crippen molar-refractivity contribution in [2.45, 2.75) is 18.2 Å². The zero-order valence-corrected chi connectivity index (χ0v) is 10.2. The number of aromatic hydroxyl groups is 1. The van der Waals surface area contributed by atoms with E-state index in [-0.39, 0.29) is 29.1 Å². The normalized spacial score (nSPS) is 12.1. The van der Waals surface area contributed by atoms with Gasteiger partial charge in [0, 0.05) is 11.1 Å². The highest BCUT2D eigenvalue weighted by molar-refractivity contribution is 9.10. The molecule has 0 heterocycles. The summed E-state index contributed by atoms with van der Waals surface area (Å²) in [6, 6.07) is 4.40. The molecule has 0 radical (unpaired) electrons. The summed E-state index contributed by atoms with van der Waals surface area (Å²) in [5.74, 6) is -1.49. The van der Waals surface area contributed by atoms with Crippen molar-refractivity contribution in [3.8, 4) is 5.75 Å². The fraction of sp³-hybridized carbons (Fsp3) is 0.273. The van der Waals surface area contributed by atoms with Gasteiger partial charge in [-0.1, -0.05) is 28.1 Å². The van der Waals surface area contributed by atoms with Gasteiger partial charge in [0.2, 0.25) is 0 Å². The summed E-state index contributed by atoms with van der Waals surface area (Å²) in [4.78, 5) is 22.0. The van der Waals surface area contributed by atoms with Crippen LogP contribution >= 0.6 is 15.9 Å². The number of hydrogen-bond acceptors (Lipinski definition) is 3. The number of aliphatic carboxylic acids is 1. The number of carboxylic acid groups (broad SMARTS) is 1. The fourth-order valence-electron chi connectivity index (χ4n) is 1.36. The lowest BCUT2D eigenvalue weighted by Crippen LogP contribution is -2.14. The maximum absolute atomic E-state index is 11.7. The molecular weight excluding hydrogens is 276 g/mol. The molecule has 1 atom stereocenters. The second-order valence-electron chi connectivity index (χ2n) is 3.35. The van der Waals surface area contributed by atoms with Crippen molar-refractivity contribution >= 4 is 27.7 Å². The van der Waals surface area contributed by atoms with Crippen LogP contribution < -0.4 is 0 Å². The van der Waals surface area contributed by atoms with E-state index in [1.54, 1.807) is 6.92 Å². The number of ketones is 1. The van der Waals surface area contributed by atoms with E-state index in [9.17, 15) is 14.7 Å².